The van der Waals surface area contributed by atoms with Gasteiger partial charge in [0.15, 0.2) is 5.78 Å². The maximum Gasteiger partial charge on any atom is 0.416 e. The first-order chi connectivity index (χ1) is 8.88. The molecule has 0 fully saturated rings. The van der Waals surface area contributed by atoms with Gasteiger partial charge in [0.2, 0.25) is 0 Å². The maximum atomic E-state index is 12.5. The van der Waals surface area contributed by atoms with Crippen LogP contribution in [0, 0.1) is 0 Å². The van der Waals surface area contributed by atoms with E-state index in [0.29, 0.717) is 5.82 Å². The van der Waals surface area contributed by atoms with E-state index in [9.17, 15) is 18.0 Å². The summed E-state index contributed by atoms with van der Waals surface area (Å²) in [5, 5.41) is 3.79. The fraction of sp³-hybridized carbons (Fsp3) is 0.250. The van der Waals surface area contributed by atoms with Crippen LogP contribution in [0.2, 0.25) is 0 Å². The highest BCUT2D eigenvalue weighted by Gasteiger charge is 2.30. The molecular weight excluding hydrogens is 259 g/mol. The van der Waals surface area contributed by atoms with E-state index in [1.165, 1.54) is 23.1 Å². The van der Waals surface area contributed by atoms with Gasteiger partial charge in [0.05, 0.1) is 12.0 Å². The number of hydrogen-bond donors (Lipinski definition) is 0. The molecular formula is C12H10F3N3O. The number of halogens is 3. The van der Waals surface area contributed by atoms with Crippen LogP contribution in [-0.4, -0.2) is 20.5 Å². The van der Waals surface area contributed by atoms with E-state index in [1.807, 2.05) is 0 Å². The van der Waals surface area contributed by atoms with Gasteiger partial charge in [-0.1, -0.05) is 12.1 Å². The van der Waals surface area contributed by atoms with Crippen molar-refractivity contribution in [2.24, 2.45) is 7.05 Å². The number of aromatic nitrogens is 3. The first-order valence-electron chi connectivity index (χ1n) is 5.41. The largest absolute Gasteiger partial charge is 0.416 e. The second-order valence-electron chi connectivity index (χ2n) is 3.98. The number of ketones is 1. The first kappa shape index (κ1) is 13.3. The monoisotopic (exact) mass is 269 g/mol. The van der Waals surface area contributed by atoms with E-state index < -0.39 is 17.5 Å². The molecule has 0 aliphatic rings. The summed E-state index contributed by atoms with van der Waals surface area (Å²) in [6.45, 7) is 0. The smallest absolute Gasteiger partial charge is 0.294 e. The van der Waals surface area contributed by atoms with Crippen LogP contribution in [0.15, 0.2) is 30.6 Å². The fourth-order valence-corrected chi connectivity index (χ4v) is 1.59. The van der Waals surface area contributed by atoms with Gasteiger partial charge in [-0.25, -0.2) is 4.98 Å². The molecule has 0 N–H and O–H groups in total. The number of carbonyl (C=O) groups is 1. The highest BCUT2D eigenvalue weighted by molar-refractivity contribution is 5.97. The zero-order valence-corrected chi connectivity index (χ0v) is 9.98. The van der Waals surface area contributed by atoms with Gasteiger partial charge < -0.3 is 0 Å². The van der Waals surface area contributed by atoms with E-state index in [4.69, 9.17) is 0 Å². The van der Waals surface area contributed by atoms with Gasteiger partial charge in [-0.3, -0.25) is 9.48 Å². The van der Waals surface area contributed by atoms with Crippen LogP contribution < -0.4 is 0 Å². The number of alkyl halides is 3. The minimum Gasteiger partial charge on any atom is -0.294 e. The Morgan fingerprint density at radius 2 is 2.11 bits per heavy atom. The molecule has 0 amide bonds. The van der Waals surface area contributed by atoms with Crippen LogP contribution in [0.5, 0.6) is 0 Å². The number of hydrogen-bond acceptors (Lipinski definition) is 3. The lowest BCUT2D eigenvalue weighted by atomic mass is 10.0. The number of carbonyl (C=O) groups excluding carboxylic acids is 1. The molecule has 0 bridgehead atoms. The van der Waals surface area contributed by atoms with Gasteiger partial charge in [-0.05, 0) is 12.1 Å². The van der Waals surface area contributed by atoms with Crippen molar-refractivity contribution in [3.05, 3.63) is 47.5 Å². The van der Waals surface area contributed by atoms with Crippen molar-refractivity contribution < 1.29 is 18.0 Å². The predicted octanol–water partition coefficient (Wildman–Crippen LogP) is 2.26. The van der Waals surface area contributed by atoms with Gasteiger partial charge in [0, 0.05) is 12.6 Å². The molecule has 1 heterocycles. The summed E-state index contributed by atoms with van der Waals surface area (Å²) in [5.74, 6) is -0.0235. The third kappa shape index (κ3) is 2.98. The minimum atomic E-state index is -4.46. The molecule has 2 rings (SSSR count). The van der Waals surface area contributed by atoms with Crippen molar-refractivity contribution in [2.45, 2.75) is 12.6 Å². The molecule has 0 saturated carbocycles. The van der Waals surface area contributed by atoms with Crippen LogP contribution in [0.4, 0.5) is 13.2 Å². The zero-order valence-electron chi connectivity index (χ0n) is 9.98. The van der Waals surface area contributed by atoms with Gasteiger partial charge in [-0.2, -0.15) is 18.3 Å². The highest BCUT2D eigenvalue weighted by Crippen LogP contribution is 2.29. The van der Waals surface area contributed by atoms with E-state index >= 15 is 0 Å². The first-order valence-corrected chi connectivity index (χ1v) is 5.41. The summed E-state index contributed by atoms with van der Waals surface area (Å²) in [6.07, 6.45) is -3.26. The summed E-state index contributed by atoms with van der Waals surface area (Å²) in [5.41, 5.74) is -0.825. The maximum absolute atomic E-state index is 12.5. The lowest BCUT2D eigenvalue weighted by Gasteiger charge is -2.08. The van der Waals surface area contributed by atoms with Crippen LogP contribution in [0.3, 0.4) is 0 Å². The molecule has 2 aromatic rings. The molecule has 4 nitrogen and oxygen atoms in total. The molecule has 19 heavy (non-hydrogen) atoms. The summed E-state index contributed by atoms with van der Waals surface area (Å²) < 4.78 is 39.0. The number of Topliss-reactive ketones (excluding diaryl/α,β-unsaturated/α-hetero) is 1. The summed E-state index contributed by atoms with van der Waals surface area (Å²) >= 11 is 0. The third-order valence-electron chi connectivity index (χ3n) is 2.64. The highest BCUT2D eigenvalue weighted by atomic mass is 19.4. The molecule has 7 heteroatoms. The van der Waals surface area contributed by atoms with Crippen molar-refractivity contribution in [1.82, 2.24) is 14.8 Å². The topological polar surface area (TPSA) is 47.8 Å². The Morgan fingerprint density at radius 1 is 1.37 bits per heavy atom. The minimum absolute atomic E-state index is 0.0119. The molecule has 100 valence electrons. The molecule has 0 saturated heterocycles. The summed E-state index contributed by atoms with van der Waals surface area (Å²) in [7, 11) is 1.61. The Balaban J connectivity index is 2.23. The molecule has 0 aliphatic heterocycles. The quantitative estimate of drug-likeness (QED) is 0.803. The molecule has 1 aromatic carbocycles. The Bertz CT molecular complexity index is 604. The average Bonchev–Trinajstić information content (AvgIpc) is 2.74. The molecule has 0 spiro atoms. The Labute approximate surface area is 106 Å². The van der Waals surface area contributed by atoms with Crippen LogP contribution in [-0.2, 0) is 19.6 Å². The number of aryl methyl sites for hydroxylation is 1. The van der Waals surface area contributed by atoms with Crippen molar-refractivity contribution >= 4 is 5.78 Å². The molecule has 0 atom stereocenters. The second-order valence-corrected chi connectivity index (χ2v) is 3.98. The number of benzene rings is 1. The van der Waals surface area contributed by atoms with Gasteiger partial charge in [0.25, 0.3) is 0 Å². The van der Waals surface area contributed by atoms with Crippen molar-refractivity contribution in [2.75, 3.05) is 0 Å². The third-order valence-corrected chi connectivity index (χ3v) is 2.64. The second kappa shape index (κ2) is 4.83. The lowest BCUT2D eigenvalue weighted by Crippen LogP contribution is -2.11. The Kier molecular flexibility index (Phi) is 3.37. The number of nitrogens with zero attached hydrogens (tertiary/aromatic N) is 3. The molecule has 0 radical (unpaired) electrons. The summed E-state index contributed by atoms with van der Waals surface area (Å²) in [6, 6.07) is 4.35. The molecule has 0 unspecified atom stereocenters. The van der Waals surface area contributed by atoms with Gasteiger partial charge >= 0.3 is 6.18 Å². The fourth-order valence-electron chi connectivity index (χ4n) is 1.59. The lowest BCUT2D eigenvalue weighted by molar-refractivity contribution is -0.137. The molecule has 1 aromatic heterocycles. The van der Waals surface area contributed by atoms with Crippen LogP contribution in [0.1, 0.15) is 21.7 Å². The number of rotatable bonds is 3. The predicted molar refractivity (Wildman–Crippen MR) is 60.5 cm³/mol. The van der Waals surface area contributed by atoms with Crippen LogP contribution >= 0.6 is 0 Å². The van der Waals surface area contributed by atoms with Gasteiger partial charge in [-0.15, -0.1) is 0 Å². The van der Waals surface area contributed by atoms with E-state index in [0.717, 1.165) is 12.1 Å². The summed E-state index contributed by atoms with van der Waals surface area (Å²) in [4.78, 5) is 15.8. The van der Waals surface area contributed by atoms with Crippen molar-refractivity contribution in [1.29, 1.82) is 0 Å². The van der Waals surface area contributed by atoms with Gasteiger partial charge in [0.1, 0.15) is 12.2 Å². The Hall–Kier alpha value is -2.18. The zero-order chi connectivity index (χ0) is 14.0. The van der Waals surface area contributed by atoms with E-state index in [1.54, 1.807) is 7.05 Å². The average molecular weight is 269 g/mol. The van der Waals surface area contributed by atoms with E-state index in [-0.39, 0.29) is 12.0 Å². The molecule has 0 aliphatic carbocycles. The van der Waals surface area contributed by atoms with Crippen molar-refractivity contribution in [3.63, 3.8) is 0 Å². The SMILES string of the molecule is Cn1ncnc1CC(=O)c1cccc(C(F)(F)F)c1. The van der Waals surface area contributed by atoms with Crippen LogP contribution in [0.25, 0.3) is 0 Å². The Morgan fingerprint density at radius 3 is 2.68 bits per heavy atom. The van der Waals surface area contributed by atoms with Crippen molar-refractivity contribution in [3.8, 4) is 0 Å². The standard InChI is InChI=1S/C12H10F3N3O/c1-18-11(16-7-17-18)6-10(19)8-3-2-4-9(5-8)12(13,14)15/h2-5,7H,6H2,1H3. The van der Waals surface area contributed by atoms with E-state index in [2.05, 4.69) is 10.1 Å². The normalized spacial score (nSPS) is 11.6.